The Balaban J connectivity index is 3.15. The lowest BCUT2D eigenvalue weighted by Crippen LogP contribution is -2.43. The van der Waals surface area contributed by atoms with Crippen LogP contribution in [0.3, 0.4) is 0 Å². The normalized spacial score (nSPS) is 14.2. The van der Waals surface area contributed by atoms with Gasteiger partial charge in [-0.15, -0.1) is 0 Å². The molecule has 5 nitrogen and oxygen atoms in total. The lowest BCUT2D eigenvalue weighted by Gasteiger charge is -2.33. The summed E-state index contributed by atoms with van der Waals surface area (Å²) < 4.78 is 24.0. The minimum Gasteiger partial charge on any atom is -0.755 e. The molecule has 0 aliphatic heterocycles. The molecule has 0 aliphatic rings. The van der Waals surface area contributed by atoms with Gasteiger partial charge in [0.1, 0.15) is 6.04 Å². The Bertz CT molecular complexity index is 499. The van der Waals surface area contributed by atoms with Crippen molar-refractivity contribution in [2.75, 3.05) is 4.31 Å². The van der Waals surface area contributed by atoms with E-state index in [1.54, 1.807) is 12.1 Å². The van der Waals surface area contributed by atoms with Crippen molar-refractivity contribution in [2.45, 2.75) is 46.1 Å². The Morgan fingerprint density at radius 3 is 2.10 bits per heavy atom. The molecule has 1 aromatic rings. The number of hydrogen-bond acceptors (Lipinski definition) is 3. The second-order valence-corrected chi connectivity index (χ2v) is 6.60. The highest BCUT2D eigenvalue weighted by atomic mass is 32.2. The zero-order valence-electron chi connectivity index (χ0n) is 12.8. The zero-order chi connectivity index (χ0) is 16.2. The summed E-state index contributed by atoms with van der Waals surface area (Å²) in [5.74, 6) is -0.732. The SMILES string of the molecule is CC(C)CC(C(=O)O)N(c1ccc(C(C)C)cc1)S(=O)[O-]. The van der Waals surface area contributed by atoms with Crippen LogP contribution in [-0.4, -0.2) is 25.9 Å². The van der Waals surface area contributed by atoms with E-state index in [-0.39, 0.29) is 12.3 Å². The molecule has 118 valence electrons. The first-order chi connectivity index (χ1) is 9.73. The molecule has 0 aromatic heterocycles. The topological polar surface area (TPSA) is 80.7 Å². The molecule has 0 saturated carbocycles. The van der Waals surface area contributed by atoms with E-state index in [9.17, 15) is 18.7 Å². The van der Waals surface area contributed by atoms with Crippen LogP contribution in [0.2, 0.25) is 0 Å². The van der Waals surface area contributed by atoms with Crippen LogP contribution in [0, 0.1) is 5.92 Å². The van der Waals surface area contributed by atoms with Crippen LogP contribution in [0.25, 0.3) is 0 Å². The lowest BCUT2D eigenvalue weighted by atomic mass is 10.0. The summed E-state index contributed by atoms with van der Waals surface area (Å²) in [7, 11) is 0. The van der Waals surface area contributed by atoms with Crippen molar-refractivity contribution >= 4 is 22.9 Å². The molecular formula is C15H22NO4S-. The molecule has 0 fully saturated rings. The van der Waals surface area contributed by atoms with Gasteiger partial charge >= 0.3 is 5.97 Å². The van der Waals surface area contributed by atoms with E-state index in [0.717, 1.165) is 9.87 Å². The fourth-order valence-corrected chi connectivity index (χ4v) is 2.80. The van der Waals surface area contributed by atoms with Crippen molar-refractivity contribution < 1.29 is 18.7 Å². The number of carbonyl (C=O) groups is 1. The van der Waals surface area contributed by atoms with Gasteiger partial charge in [0.05, 0.1) is 0 Å². The number of carboxylic acids is 1. The quantitative estimate of drug-likeness (QED) is 0.785. The number of benzene rings is 1. The third-order valence-corrected chi connectivity index (χ3v) is 4.02. The predicted octanol–water partition coefficient (Wildman–Crippen LogP) is 2.91. The summed E-state index contributed by atoms with van der Waals surface area (Å²) in [4.78, 5) is 11.4. The van der Waals surface area contributed by atoms with Crippen molar-refractivity contribution in [3.05, 3.63) is 29.8 Å². The van der Waals surface area contributed by atoms with E-state index in [0.29, 0.717) is 11.6 Å². The Labute approximate surface area is 128 Å². The van der Waals surface area contributed by atoms with E-state index in [1.807, 2.05) is 39.8 Å². The Hall–Kier alpha value is -1.40. The van der Waals surface area contributed by atoms with Crippen molar-refractivity contribution in [3.8, 4) is 0 Å². The van der Waals surface area contributed by atoms with Gasteiger partial charge in [0.25, 0.3) is 0 Å². The largest absolute Gasteiger partial charge is 0.755 e. The van der Waals surface area contributed by atoms with E-state index < -0.39 is 23.3 Å². The van der Waals surface area contributed by atoms with Crippen molar-refractivity contribution in [1.82, 2.24) is 0 Å². The van der Waals surface area contributed by atoms with Crippen molar-refractivity contribution in [1.29, 1.82) is 0 Å². The number of hydrogen-bond donors (Lipinski definition) is 1. The molecule has 0 bridgehead atoms. The van der Waals surface area contributed by atoms with Crippen molar-refractivity contribution in [2.24, 2.45) is 5.92 Å². The molecule has 0 saturated heterocycles. The van der Waals surface area contributed by atoms with Crippen LogP contribution in [0.4, 0.5) is 5.69 Å². The summed E-state index contributed by atoms with van der Waals surface area (Å²) in [6.07, 6.45) is 0.259. The van der Waals surface area contributed by atoms with Gasteiger partial charge in [-0.25, -0.2) is 4.79 Å². The fourth-order valence-electron chi connectivity index (χ4n) is 2.12. The second kappa shape index (κ2) is 7.56. The predicted molar refractivity (Wildman–Crippen MR) is 82.8 cm³/mol. The number of nitrogens with zero attached hydrogens (tertiary/aromatic N) is 1. The monoisotopic (exact) mass is 312 g/mol. The Morgan fingerprint density at radius 2 is 1.76 bits per heavy atom. The van der Waals surface area contributed by atoms with Gasteiger partial charge in [-0.2, -0.15) is 0 Å². The maximum absolute atomic E-state index is 11.5. The van der Waals surface area contributed by atoms with E-state index in [4.69, 9.17) is 0 Å². The summed E-state index contributed by atoms with van der Waals surface area (Å²) >= 11 is -2.64. The smallest absolute Gasteiger partial charge is 0.327 e. The molecule has 0 aliphatic carbocycles. The molecular weight excluding hydrogens is 290 g/mol. The van der Waals surface area contributed by atoms with Crippen LogP contribution in [0.5, 0.6) is 0 Å². The fraction of sp³-hybridized carbons (Fsp3) is 0.533. The number of aliphatic carboxylic acids is 1. The highest BCUT2D eigenvalue weighted by Crippen LogP contribution is 2.25. The van der Waals surface area contributed by atoms with Crippen LogP contribution in [-0.2, 0) is 16.1 Å². The summed E-state index contributed by atoms with van der Waals surface area (Å²) in [6.45, 7) is 7.81. The molecule has 6 heteroatoms. The summed E-state index contributed by atoms with van der Waals surface area (Å²) in [6, 6.07) is 5.87. The Morgan fingerprint density at radius 1 is 1.24 bits per heavy atom. The highest BCUT2D eigenvalue weighted by Gasteiger charge is 2.27. The molecule has 0 amide bonds. The molecule has 2 atom stereocenters. The average molecular weight is 312 g/mol. The van der Waals surface area contributed by atoms with Gasteiger partial charge < -0.3 is 9.66 Å². The minimum atomic E-state index is -2.64. The molecule has 1 N–H and O–H groups in total. The molecule has 1 rings (SSSR count). The third-order valence-electron chi connectivity index (χ3n) is 3.24. The summed E-state index contributed by atoms with van der Waals surface area (Å²) in [5.41, 5.74) is 1.45. The zero-order valence-corrected chi connectivity index (χ0v) is 13.6. The first kappa shape index (κ1) is 17.7. The maximum atomic E-state index is 11.5. The van der Waals surface area contributed by atoms with Gasteiger partial charge in [-0.1, -0.05) is 39.8 Å². The molecule has 0 radical (unpaired) electrons. The first-order valence-electron chi connectivity index (χ1n) is 6.95. The highest BCUT2D eigenvalue weighted by molar-refractivity contribution is 7.80. The van der Waals surface area contributed by atoms with Crippen LogP contribution in [0.1, 0.15) is 45.6 Å². The minimum absolute atomic E-state index is 0.0760. The van der Waals surface area contributed by atoms with Crippen molar-refractivity contribution in [3.63, 3.8) is 0 Å². The van der Waals surface area contributed by atoms with E-state index in [1.165, 1.54) is 0 Å². The van der Waals surface area contributed by atoms with Gasteiger partial charge in [0, 0.05) is 17.0 Å². The molecule has 2 unspecified atom stereocenters. The van der Waals surface area contributed by atoms with Gasteiger partial charge in [-0.05, 0) is 36.0 Å². The first-order valence-corrected chi connectivity index (χ1v) is 7.98. The third kappa shape index (κ3) is 4.82. The Kier molecular flexibility index (Phi) is 6.36. The molecule has 21 heavy (non-hydrogen) atoms. The number of anilines is 1. The molecule has 0 heterocycles. The van der Waals surface area contributed by atoms with Gasteiger partial charge in [0.15, 0.2) is 0 Å². The van der Waals surface area contributed by atoms with Crippen LogP contribution < -0.4 is 4.31 Å². The van der Waals surface area contributed by atoms with Gasteiger partial charge in [-0.3, -0.25) is 8.51 Å². The molecule has 1 aromatic carbocycles. The standard InChI is InChI=1S/C15H23NO4S/c1-10(2)9-14(15(17)18)16(21(19)20)13-7-5-12(6-8-13)11(3)4/h5-8,10-11,14H,9H2,1-4H3,(H,17,18)(H,19,20)/p-1. The second-order valence-electron chi connectivity index (χ2n) is 5.77. The summed E-state index contributed by atoms with van der Waals surface area (Å²) in [5, 5.41) is 9.33. The molecule has 0 spiro atoms. The number of rotatable bonds is 7. The van der Waals surface area contributed by atoms with E-state index in [2.05, 4.69) is 0 Å². The number of carboxylic acid groups (broad SMARTS) is 1. The lowest BCUT2D eigenvalue weighted by molar-refractivity contribution is -0.138. The van der Waals surface area contributed by atoms with Crippen LogP contribution in [0.15, 0.2) is 24.3 Å². The van der Waals surface area contributed by atoms with E-state index >= 15 is 0 Å². The van der Waals surface area contributed by atoms with Crippen LogP contribution >= 0.6 is 0 Å². The average Bonchev–Trinajstić information content (AvgIpc) is 2.37. The van der Waals surface area contributed by atoms with Gasteiger partial charge in [0.2, 0.25) is 0 Å². The maximum Gasteiger partial charge on any atom is 0.327 e.